The lowest BCUT2D eigenvalue weighted by atomic mass is 10.2. The summed E-state index contributed by atoms with van der Waals surface area (Å²) in [6, 6.07) is 3.15. The maximum absolute atomic E-state index is 10.6. The normalized spacial score (nSPS) is 10.6. The Balaban J connectivity index is 2.07. The molecule has 1 aromatic rings. The number of unbranched alkanes of at least 4 members (excludes halogenated alkanes) is 2. The van der Waals surface area contributed by atoms with Gasteiger partial charge in [-0.15, -0.1) is 0 Å². The van der Waals surface area contributed by atoms with Crippen molar-refractivity contribution in [3.05, 3.63) is 23.7 Å². The first-order chi connectivity index (χ1) is 8.24. The van der Waals surface area contributed by atoms with Crippen molar-refractivity contribution in [3.8, 4) is 0 Å². The summed E-state index contributed by atoms with van der Waals surface area (Å²) in [6.07, 6.45) is 3.28. The summed E-state index contributed by atoms with van der Waals surface area (Å²) in [6.45, 7) is 2.27. The molecule has 5 heteroatoms. The van der Waals surface area contributed by atoms with Gasteiger partial charge in [0.15, 0.2) is 0 Å². The van der Waals surface area contributed by atoms with Crippen molar-refractivity contribution in [1.29, 1.82) is 0 Å². The van der Waals surface area contributed by atoms with Crippen LogP contribution in [0.15, 0.2) is 16.5 Å². The molecule has 1 heterocycles. The molecule has 0 aromatic carbocycles. The Morgan fingerprint density at radius 2 is 2.24 bits per heavy atom. The molecule has 0 aliphatic carbocycles. The van der Waals surface area contributed by atoms with Gasteiger partial charge in [-0.2, -0.15) is 0 Å². The minimum absolute atomic E-state index is 0.0121. The van der Waals surface area contributed by atoms with Crippen molar-refractivity contribution in [2.75, 3.05) is 20.3 Å². The Kier molecular flexibility index (Phi) is 6.35. The van der Waals surface area contributed by atoms with Crippen LogP contribution in [0.4, 0.5) is 0 Å². The van der Waals surface area contributed by atoms with E-state index in [4.69, 9.17) is 14.3 Å². The lowest BCUT2D eigenvalue weighted by Crippen LogP contribution is -2.14. The lowest BCUT2D eigenvalue weighted by molar-refractivity contribution is 0.0660. The molecule has 1 rings (SSSR count). The number of ether oxygens (including phenoxy) is 1. The van der Waals surface area contributed by atoms with E-state index in [1.54, 1.807) is 13.2 Å². The minimum atomic E-state index is -1.03. The molecule has 0 unspecified atom stereocenters. The largest absolute Gasteiger partial charge is 0.475 e. The number of methoxy groups -OCH3 is 1. The van der Waals surface area contributed by atoms with Gasteiger partial charge in [0.1, 0.15) is 5.76 Å². The summed E-state index contributed by atoms with van der Waals surface area (Å²) in [5.74, 6) is -0.392. The fourth-order valence-electron chi connectivity index (χ4n) is 1.47. The maximum Gasteiger partial charge on any atom is 0.371 e. The number of furan rings is 1. The van der Waals surface area contributed by atoms with E-state index in [9.17, 15) is 4.79 Å². The van der Waals surface area contributed by atoms with Gasteiger partial charge < -0.3 is 19.6 Å². The predicted molar refractivity (Wildman–Crippen MR) is 63.1 cm³/mol. The second-order valence-electron chi connectivity index (χ2n) is 3.80. The highest BCUT2D eigenvalue weighted by Gasteiger charge is 2.07. The fourth-order valence-corrected chi connectivity index (χ4v) is 1.47. The molecule has 1 aromatic heterocycles. The Morgan fingerprint density at radius 3 is 2.88 bits per heavy atom. The van der Waals surface area contributed by atoms with Crippen LogP contribution in [0.5, 0.6) is 0 Å². The summed E-state index contributed by atoms with van der Waals surface area (Å²) in [7, 11) is 1.70. The van der Waals surface area contributed by atoms with Crippen LogP contribution >= 0.6 is 0 Å². The van der Waals surface area contributed by atoms with Crippen LogP contribution in [0.25, 0.3) is 0 Å². The summed E-state index contributed by atoms with van der Waals surface area (Å²) >= 11 is 0. The topological polar surface area (TPSA) is 71.7 Å². The monoisotopic (exact) mass is 241 g/mol. The Labute approximate surface area is 101 Å². The van der Waals surface area contributed by atoms with Crippen LogP contribution in [-0.4, -0.2) is 31.3 Å². The molecule has 0 fully saturated rings. The molecule has 0 bridgehead atoms. The minimum Gasteiger partial charge on any atom is -0.475 e. The first-order valence-electron chi connectivity index (χ1n) is 5.75. The molecule has 0 aliphatic rings. The molecule has 5 nitrogen and oxygen atoms in total. The summed E-state index contributed by atoms with van der Waals surface area (Å²) in [5.41, 5.74) is 0. The first kappa shape index (κ1) is 13.7. The van der Waals surface area contributed by atoms with E-state index in [-0.39, 0.29) is 5.76 Å². The van der Waals surface area contributed by atoms with E-state index < -0.39 is 5.97 Å². The highest BCUT2D eigenvalue weighted by atomic mass is 16.5. The van der Waals surface area contributed by atoms with Crippen molar-refractivity contribution in [1.82, 2.24) is 5.32 Å². The third-order valence-corrected chi connectivity index (χ3v) is 2.37. The Bertz CT molecular complexity index is 335. The molecule has 0 saturated carbocycles. The molecule has 0 aliphatic heterocycles. The van der Waals surface area contributed by atoms with Crippen LogP contribution in [-0.2, 0) is 11.3 Å². The zero-order valence-corrected chi connectivity index (χ0v) is 10.1. The third kappa shape index (κ3) is 5.51. The molecule has 17 heavy (non-hydrogen) atoms. The molecular formula is C12H19NO4. The number of hydrogen-bond donors (Lipinski definition) is 2. The number of hydrogen-bond acceptors (Lipinski definition) is 4. The van der Waals surface area contributed by atoms with E-state index in [0.29, 0.717) is 12.3 Å². The van der Waals surface area contributed by atoms with E-state index in [2.05, 4.69) is 5.32 Å². The standard InChI is InChI=1S/C12H19NO4/c1-16-8-4-2-3-7-13-9-10-5-6-11(17-10)12(14)15/h5-6,13H,2-4,7-9H2,1H3,(H,14,15). The van der Waals surface area contributed by atoms with Crippen LogP contribution in [0.1, 0.15) is 35.6 Å². The van der Waals surface area contributed by atoms with Gasteiger partial charge in [-0.25, -0.2) is 4.79 Å². The van der Waals surface area contributed by atoms with Gasteiger partial charge in [0.05, 0.1) is 6.54 Å². The van der Waals surface area contributed by atoms with E-state index in [1.807, 2.05) is 0 Å². The highest BCUT2D eigenvalue weighted by Crippen LogP contribution is 2.07. The summed E-state index contributed by atoms with van der Waals surface area (Å²) in [5, 5.41) is 11.9. The average Bonchev–Trinajstić information content (AvgIpc) is 2.77. The van der Waals surface area contributed by atoms with Crippen LogP contribution in [0.2, 0.25) is 0 Å². The zero-order chi connectivity index (χ0) is 12.5. The molecule has 0 atom stereocenters. The van der Waals surface area contributed by atoms with Gasteiger partial charge in [-0.3, -0.25) is 0 Å². The van der Waals surface area contributed by atoms with E-state index in [0.717, 1.165) is 32.4 Å². The van der Waals surface area contributed by atoms with Crippen LogP contribution in [0.3, 0.4) is 0 Å². The Morgan fingerprint density at radius 1 is 1.41 bits per heavy atom. The number of aromatic carboxylic acids is 1. The lowest BCUT2D eigenvalue weighted by Gasteiger charge is -2.02. The van der Waals surface area contributed by atoms with Crippen molar-refractivity contribution in [3.63, 3.8) is 0 Å². The van der Waals surface area contributed by atoms with Crippen molar-refractivity contribution >= 4 is 5.97 Å². The maximum atomic E-state index is 10.6. The van der Waals surface area contributed by atoms with E-state index in [1.165, 1.54) is 6.07 Å². The van der Waals surface area contributed by atoms with Gasteiger partial charge in [0.2, 0.25) is 5.76 Å². The first-order valence-corrected chi connectivity index (χ1v) is 5.75. The molecule has 0 spiro atoms. The number of carboxylic acid groups (broad SMARTS) is 1. The average molecular weight is 241 g/mol. The van der Waals surface area contributed by atoms with Crippen LogP contribution < -0.4 is 5.32 Å². The zero-order valence-electron chi connectivity index (χ0n) is 10.1. The number of nitrogens with one attached hydrogen (secondary N) is 1. The van der Waals surface area contributed by atoms with Gasteiger partial charge in [-0.1, -0.05) is 0 Å². The Hall–Kier alpha value is -1.33. The number of rotatable bonds is 9. The van der Waals surface area contributed by atoms with Gasteiger partial charge in [-0.05, 0) is 37.9 Å². The van der Waals surface area contributed by atoms with Gasteiger partial charge in [0.25, 0.3) is 0 Å². The van der Waals surface area contributed by atoms with Gasteiger partial charge >= 0.3 is 5.97 Å². The quantitative estimate of drug-likeness (QED) is 0.646. The smallest absolute Gasteiger partial charge is 0.371 e. The fraction of sp³-hybridized carbons (Fsp3) is 0.583. The van der Waals surface area contributed by atoms with Crippen molar-refractivity contribution in [2.45, 2.75) is 25.8 Å². The molecule has 0 amide bonds. The molecule has 96 valence electrons. The summed E-state index contributed by atoms with van der Waals surface area (Å²) in [4.78, 5) is 10.6. The second kappa shape index (κ2) is 7.86. The third-order valence-electron chi connectivity index (χ3n) is 2.37. The SMILES string of the molecule is COCCCCCNCc1ccc(C(=O)O)o1. The molecule has 0 saturated heterocycles. The summed E-state index contributed by atoms with van der Waals surface area (Å²) < 4.78 is 10.1. The second-order valence-corrected chi connectivity index (χ2v) is 3.80. The predicted octanol–water partition coefficient (Wildman–Crippen LogP) is 1.88. The molecule has 0 radical (unpaired) electrons. The van der Waals surface area contributed by atoms with E-state index >= 15 is 0 Å². The molecule has 2 N–H and O–H groups in total. The number of carboxylic acids is 1. The number of carbonyl (C=O) groups is 1. The van der Waals surface area contributed by atoms with Crippen molar-refractivity contribution in [2.24, 2.45) is 0 Å². The van der Waals surface area contributed by atoms with Crippen molar-refractivity contribution < 1.29 is 19.1 Å². The highest BCUT2D eigenvalue weighted by molar-refractivity contribution is 5.84. The molecular weight excluding hydrogens is 222 g/mol. The van der Waals surface area contributed by atoms with Gasteiger partial charge in [0, 0.05) is 13.7 Å². The van der Waals surface area contributed by atoms with Crippen LogP contribution in [0, 0.1) is 0 Å².